The summed E-state index contributed by atoms with van der Waals surface area (Å²) in [5.74, 6) is 2.05. The number of aryl methyl sites for hydroxylation is 1. The molecule has 126 valence electrons. The van der Waals surface area contributed by atoms with Gasteiger partial charge in [-0.15, -0.1) is 0 Å². The van der Waals surface area contributed by atoms with Gasteiger partial charge in [0.05, 0.1) is 6.61 Å². The molecule has 2 heterocycles. The van der Waals surface area contributed by atoms with Gasteiger partial charge in [0.1, 0.15) is 11.6 Å². The molecule has 1 aromatic heterocycles. The summed E-state index contributed by atoms with van der Waals surface area (Å²) in [5.41, 5.74) is 11.4. The first kappa shape index (κ1) is 15.4. The molecule has 0 amide bonds. The predicted octanol–water partition coefficient (Wildman–Crippen LogP) is 3.58. The van der Waals surface area contributed by atoms with Crippen molar-refractivity contribution in [3.63, 3.8) is 0 Å². The smallest absolute Gasteiger partial charge is 0.222 e. The molecule has 0 aliphatic carbocycles. The van der Waals surface area contributed by atoms with Crippen LogP contribution in [0, 0.1) is 6.92 Å². The van der Waals surface area contributed by atoms with E-state index in [-0.39, 0.29) is 0 Å². The molecule has 0 atom stereocenters. The molecule has 5 nitrogen and oxygen atoms in total. The van der Waals surface area contributed by atoms with E-state index < -0.39 is 0 Å². The number of nitrogens with two attached hydrogens (primary N) is 1. The van der Waals surface area contributed by atoms with Crippen molar-refractivity contribution < 1.29 is 4.74 Å². The zero-order chi connectivity index (χ0) is 17.2. The van der Waals surface area contributed by atoms with Crippen LogP contribution in [0.1, 0.15) is 16.8 Å². The van der Waals surface area contributed by atoms with E-state index in [9.17, 15) is 0 Å². The Labute approximate surface area is 146 Å². The molecule has 1 aliphatic rings. The first-order valence-corrected chi connectivity index (χ1v) is 8.37. The van der Waals surface area contributed by atoms with E-state index in [0.717, 1.165) is 30.3 Å². The molecule has 5 heteroatoms. The summed E-state index contributed by atoms with van der Waals surface area (Å²) in [6, 6.07) is 16.8. The lowest BCUT2D eigenvalue weighted by atomic mass is 10.0. The number of hydrogen-bond donors (Lipinski definition) is 2. The van der Waals surface area contributed by atoms with E-state index >= 15 is 0 Å². The van der Waals surface area contributed by atoms with Gasteiger partial charge in [-0.2, -0.15) is 4.98 Å². The minimum absolute atomic E-state index is 0.290. The Morgan fingerprint density at radius 2 is 1.84 bits per heavy atom. The molecule has 3 N–H and O–H groups in total. The van der Waals surface area contributed by atoms with E-state index in [1.54, 1.807) is 0 Å². The second-order valence-corrected chi connectivity index (χ2v) is 6.22. The SMILES string of the molecule is Cc1cc(NCc2ccc(-c3ccc4c(c3)CCO4)cc2)nc(N)n1. The van der Waals surface area contributed by atoms with Gasteiger partial charge in [0.2, 0.25) is 5.95 Å². The molecular formula is C20H20N4O. The lowest BCUT2D eigenvalue weighted by Crippen LogP contribution is -2.05. The van der Waals surface area contributed by atoms with E-state index in [0.29, 0.717) is 12.5 Å². The lowest BCUT2D eigenvalue weighted by Gasteiger charge is -2.09. The van der Waals surface area contributed by atoms with Crippen LogP contribution in [0.5, 0.6) is 5.75 Å². The highest BCUT2D eigenvalue weighted by Crippen LogP contribution is 2.30. The van der Waals surface area contributed by atoms with Crippen molar-refractivity contribution in [2.75, 3.05) is 17.7 Å². The quantitative estimate of drug-likeness (QED) is 0.764. The first-order chi connectivity index (χ1) is 12.2. The third kappa shape index (κ3) is 3.40. The van der Waals surface area contributed by atoms with Gasteiger partial charge in [-0.05, 0) is 41.3 Å². The molecule has 0 bridgehead atoms. The highest BCUT2D eigenvalue weighted by molar-refractivity contribution is 5.66. The molecular weight excluding hydrogens is 312 g/mol. The molecule has 0 spiro atoms. The van der Waals surface area contributed by atoms with Crippen LogP contribution in [-0.4, -0.2) is 16.6 Å². The normalized spacial score (nSPS) is 12.5. The Hall–Kier alpha value is -3.08. The van der Waals surface area contributed by atoms with Crippen LogP contribution < -0.4 is 15.8 Å². The van der Waals surface area contributed by atoms with E-state index in [1.165, 1.54) is 22.3 Å². The Kier molecular flexibility index (Phi) is 3.98. The highest BCUT2D eigenvalue weighted by Gasteiger charge is 2.12. The number of aromatic nitrogens is 2. The molecule has 1 aliphatic heterocycles. The molecule has 2 aromatic carbocycles. The fourth-order valence-electron chi connectivity index (χ4n) is 3.06. The number of nitrogens with zero attached hydrogens (tertiary/aromatic N) is 2. The van der Waals surface area contributed by atoms with Crippen molar-refractivity contribution in [2.24, 2.45) is 0 Å². The van der Waals surface area contributed by atoms with Gasteiger partial charge in [0.15, 0.2) is 0 Å². The number of benzene rings is 2. The van der Waals surface area contributed by atoms with E-state index in [2.05, 4.69) is 57.7 Å². The van der Waals surface area contributed by atoms with Crippen molar-refractivity contribution in [2.45, 2.75) is 19.9 Å². The Bertz CT molecular complexity index is 886. The van der Waals surface area contributed by atoms with Crippen LogP contribution in [0.3, 0.4) is 0 Å². The van der Waals surface area contributed by atoms with Crippen molar-refractivity contribution in [1.82, 2.24) is 9.97 Å². The minimum atomic E-state index is 0.290. The summed E-state index contributed by atoms with van der Waals surface area (Å²) in [6.45, 7) is 3.38. The molecule has 0 fully saturated rings. The summed E-state index contributed by atoms with van der Waals surface area (Å²) in [4.78, 5) is 8.27. The predicted molar refractivity (Wildman–Crippen MR) is 99.6 cm³/mol. The molecule has 3 aromatic rings. The minimum Gasteiger partial charge on any atom is -0.493 e. The Morgan fingerprint density at radius 3 is 2.64 bits per heavy atom. The standard InChI is InChI=1S/C20H20N4O/c1-13-10-19(24-20(21)23-13)22-12-14-2-4-15(5-3-14)16-6-7-18-17(11-16)8-9-25-18/h2-7,10-11H,8-9,12H2,1H3,(H3,21,22,23,24). The summed E-state index contributed by atoms with van der Waals surface area (Å²) < 4.78 is 5.57. The lowest BCUT2D eigenvalue weighted by molar-refractivity contribution is 0.357. The Morgan fingerprint density at radius 1 is 1.04 bits per heavy atom. The molecule has 0 radical (unpaired) electrons. The summed E-state index contributed by atoms with van der Waals surface area (Å²) >= 11 is 0. The van der Waals surface area contributed by atoms with Gasteiger partial charge in [0, 0.05) is 24.7 Å². The van der Waals surface area contributed by atoms with Gasteiger partial charge in [0.25, 0.3) is 0 Å². The number of nitrogen functional groups attached to an aromatic ring is 1. The number of hydrogen-bond acceptors (Lipinski definition) is 5. The van der Waals surface area contributed by atoms with Crippen LogP contribution in [0.25, 0.3) is 11.1 Å². The van der Waals surface area contributed by atoms with Crippen LogP contribution in [0.2, 0.25) is 0 Å². The maximum Gasteiger partial charge on any atom is 0.222 e. The van der Waals surface area contributed by atoms with Gasteiger partial charge < -0.3 is 15.8 Å². The van der Waals surface area contributed by atoms with Crippen molar-refractivity contribution >= 4 is 11.8 Å². The highest BCUT2D eigenvalue weighted by atomic mass is 16.5. The van der Waals surface area contributed by atoms with Crippen LogP contribution in [0.4, 0.5) is 11.8 Å². The number of anilines is 2. The summed E-state index contributed by atoms with van der Waals surface area (Å²) in [6.07, 6.45) is 0.993. The third-order valence-electron chi connectivity index (χ3n) is 4.32. The number of fused-ring (bicyclic) bond motifs is 1. The van der Waals surface area contributed by atoms with Crippen LogP contribution in [0.15, 0.2) is 48.5 Å². The van der Waals surface area contributed by atoms with Crippen LogP contribution >= 0.6 is 0 Å². The average Bonchev–Trinajstić information content (AvgIpc) is 3.07. The maximum absolute atomic E-state index is 5.68. The molecule has 0 saturated carbocycles. The van der Waals surface area contributed by atoms with Crippen molar-refractivity contribution in [3.8, 4) is 16.9 Å². The van der Waals surface area contributed by atoms with Gasteiger partial charge in [-0.3, -0.25) is 0 Å². The van der Waals surface area contributed by atoms with Gasteiger partial charge in [-0.1, -0.05) is 30.3 Å². The largest absolute Gasteiger partial charge is 0.493 e. The van der Waals surface area contributed by atoms with Crippen LogP contribution in [-0.2, 0) is 13.0 Å². The average molecular weight is 332 g/mol. The summed E-state index contributed by atoms with van der Waals surface area (Å²) in [5, 5.41) is 3.29. The van der Waals surface area contributed by atoms with Crippen molar-refractivity contribution in [3.05, 3.63) is 65.4 Å². The number of ether oxygens (including phenoxy) is 1. The van der Waals surface area contributed by atoms with E-state index in [4.69, 9.17) is 10.5 Å². The van der Waals surface area contributed by atoms with Gasteiger partial charge >= 0.3 is 0 Å². The number of nitrogens with one attached hydrogen (secondary N) is 1. The fourth-order valence-corrected chi connectivity index (χ4v) is 3.06. The topological polar surface area (TPSA) is 73.1 Å². The zero-order valence-corrected chi connectivity index (χ0v) is 14.1. The second-order valence-electron chi connectivity index (χ2n) is 6.22. The molecule has 4 rings (SSSR count). The van der Waals surface area contributed by atoms with Crippen molar-refractivity contribution in [1.29, 1.82) is 0 Å². The second kappa shape index (κ2) is 6.43. The summed E-state index contributed by atoms with van der Waals surface area (Å²) in [7, 11) is 0. The third-order valence-corrected chi connectivity index (χ3v) is 4.32. The number of rotatable bonds is 4. The van der Waals surface area contributed by atoms with Gasteiger partial charge in [-0.25, -0.2) is 4.98 Å². The van der Waals surface area contributed by atoms with E-state index in [1.807, 2.05) is 13.0 Å². The fraction of sp³-hybridized carbons (Fsp3) is 0.200. The molecule has 0 saturated heterocycles. The monoisotopic (exact) mass is 332 g/mol. The molecule has 25 heavy (non-hydrogen) atoms. The Balaban J connectivity index is 1.46. The maximum atomic E-state index is 5.68. The first-order valence-electron chi connectivity index (χ1n) is 8.37. The molecule has 0 unspecified atom stereocenters. The zero-order valence-electron chi connectivity index (χ0n) is 14.1.